The molecule has 0 N–H and O–H groups in total. The van der Waals surface area contributed by atoms with E-state index in [4.69, 9.17) is 28.4 Å². The van der Waals surface area contributed by atoms with E-state index in [1.54, 1.807) is 24.3 Å². The molecule has 0 aliphatic carbocycles. The SMILES string of the molecule is CCCCCCCCCCOC(=O)c1ccc(-c2ccc(OC(=O)CCCCCCOc3ccc4ccccc4c3-c3c(OCCCCCCC(=O)Oc4ccc(-c5ccc(C(=O)OCCCCCCCCCC)cc5)cc4)ccc4ccccc34)cc2)cc1. The molecule has 474 valence electrons. The zero-order valence-electron chi connectivity index (χ0n) is 53.5. The van der Waals surface area contributed by atoms with Gasteiger partial charge in [-0.2, -0.15) is 0 Å². The van der Waals surface area contributed by atoms with E-state index in [0.717, 1.165) is 131 Å². The van der Waals surface area contributed by atoms with E-state index in [1.165, 1.54) is 77.0 Å². The van der Waals surface area contributed by atoms with E-state index in [2.05, 4.69) is 86.6 Å². The summed E-state index contributed by atoms with van der Waals surface area (Å²) in [6.07, 6.45) is 26.4. The molecule has 0 heterocycles. The lowest BCUT2D eigenvalue weighted by Crippen LogP contribution is -2.07. The molecule has 0 spiro atoms. The third-order valence-electron chi connectivity index (χ3n) is 16.6. The Labute approximate surface area is 535 Å². The van der Waals surface area contributed by atoms with Gasteiger partial charge < -0.3 is 28.4 Å². The first-order valence-corrected chi connectivity index (χ1v) is 33.7. The highest BCUT2D eigenvalue weighted by Gasteiger charge is 2.20. The van der Waals surface area contributed by atoms with Gasteiger partial charge in [-0.3, -0.25) is 9.59 Å². The molecule has 0 aliphatic heterocycles. The van der Waals surface area contributed by atoms with Crippen LogP contribution in [-0.2, 0) is 19.1 Å². The number of rotatable bonds is 41. The standard InChI is InChI=1S/C80H94O10/c1-3-5-7-9-11-13-17-29-59-87-79(83)67-41-37-61(38-42-67)63-45-51-69(52-46-63)89-75(81)35-21-15-19-27-57-85-73-55-49-65-31-23-25-33-71(65)77(73)78-72-34-26-24-32-66(72)50-56-74(78)86-58-28-20-16-22-36-76(82)90-70-53-47-64(48-54-70)62-39-43-68(44-40-62)80(84)88-60-30-18-14-12-10-8-6-4-2/h23-26,31-34,37-56H,3-22,27-30,35-36,57-60H2,1-2H3. The minimum atomic E-state index is -0.295. The van der Waals surface area contributed by atoms with Gasteiger partial charge in [0.1, 0.15) is 23.0 Å². The summed E-state index contributed by atoms with van der Waals surface area (Å²) in [5.41, 5.74) is 6.91. The van der Waals surface area contributed by atoms with Crippen LogP contribution < -0.4 is 18.9 Å². The quantitative estimate of drug-likeness (QED) is 0.0208. The fourth-order valence-corrected chi connectivity index (χ4v) is 11.4. The average Bonchev–Trinajstić information content (AvgIpc) is 0.948. The summed E-state index contributed by atoms with van der Waals surface area (Å²) >= 11 is 0. The van der Waals surface area contributed by atoms with Gasteiger partial charge in [0, 0.05) is 24.0 Å². The Balaban J connectivity index is 0.734. The Bertz CT molecular complexity index is 3210. The van der Waals surface area contributed by atoms with Gasteiger partial charge in [0.25, 0.3) is 0 Å². The Morgan fingerprint density at radius 3 is 0.978 bits per heavy atom. The Morgan fingerprint density at radius 2 is 0.611 bits per heavy atom. The maximum absolute atomic E-state index is 12.9. The van der Waals surface area contributed by atoms with E-state index in [0.29, 0.717) is 74.7 Å². The van der Waals surface area contributed by atoms with Crippen LogP contribution in [-0.4, -0.2) is 50.3 Å². The largest absolute Gasteiger partial charge is 0.493 e. The highest BCUT2D eigenvalue weighted by Crippen LogP contribution is 2.46. The van der Waals surface area contributed by atoms with Gasteiger partial charge in [-0.25, -0.2) is 9.59 Å². The van der Waals surface area contributed by atoms with Gasteiger partial charge >= 0.3 is 23.9 Å². The van der Waals surface area contributed by atoms with Crippen molar-refractivity contribution in [1.29, 1.82) is 0 Å². The molecule has 8 rings (SSSR count). The first kappa shape index (κ1) is 67.7. The second-order valence-electron chi connectivity index (χ2n) is 23.7. The molecule has 0 fully saturated rings. The molecular formula is C80H94O10. The summed E-state index contributed by atoms with van der Waals surface area (Å²) in [5.74, 6) is 1.49. The Kier molecular flexibility index (Phi) is 28.8. The molecule has 0 aromatic heterocycles. The van der Waals surface area contributed by atoms with E-state index in [-0.39, 0.29) is 23.9 Å². The third-order valence-corrected chi connectivity index (χ3v) is 16.6. The first-order valence-electron chi connectivity index (χ1n) is 33.7. The van der Waals surface area contributed by atoms with E-state index in [9.17, 15) is 19.2 Å². The zero-order valence-corrected chi connectivity index (χ0v) is 53.5. The minimum absolute atomic E-state index is 0.259. The van der Waals surface area contributed by atoms with Crippen LogP contribution in [0.25, 0.3) is 54.9 Å². The van der Waals surface area contributed by atoms with Crippen LogP contribution in [0.1, 0.15) is 202 Å². The number of benzene rings is 8. The van der Waals surface area contributed by atoms with Crippen molar-refractivity contribution in [2.75, 3.05) is 26.4 Å². The molecule has 0 saturated heterocycles. The van der Waals surface area contributed by atoms with Crippen molar-refractivity contribution in [3.63, 3.8) is 0 Å². The fraction of sp³-hybridized carbons (Fsp3) is 0.400. The summed E-state index contributed by atoms with van der Waals surface area (Å²) in [7, 11) is 0. The summed E-state index contributed by atoms with van der Waals surface area (Å²) in [6.45, 7) is 6.39. The van der Waals surface area contributed by atoms with Crippen LogP contribution in [0.3, 0.4) is 0 Å². The predicted octanol–water partition coefficient (Wildman–Crippen LogP) is 21.5. The van der Waals surface area contributed by atoms with Crippen LogP contribution in [0.4, 0.5) is 0 Å². The summed E-state index contributed by atoms with van der Waals surface area (Å²) in [5, 5.41) is 4.38. The van der Waals surface area contributed by atoms with Gasteiger partial charge in [0.05, 0.1) is 37.6 Å². The van der Waals surface area contributed by atoms with E-state index < -0.39 is 0 Å². The van der Waals surface area contributed by atoms with Crippen molar-refractivity contribution >= 4 is 45.4 Å². The molecule has 0 atom stereocenters. The second-order valence-corrected chi connectivity index (χ2v) is 23.7. The summed E-state index contributed by atoms with van der Waals surface area (Å²) < 4.78 is 35.8. The first-order chi connectivity index (χ1) is 44.3. The van der Waals surface area contributed by atoms with Crippen molar-refractivity contribution in [1.82, 2.24) is 0 Å². The van der Waals surface area contributed by atoms with E-state index >= 15 is 0 Å². The van der Waals surface area contributed by atoms with Gasteiger partial charge in [-0.05, 0) is 143 Å². The molecule has 8 aromatic carbocycles. The highest BCUT2D eigenvalue weighted by molar-refractivity contribution is 6.09. The molecule has 10 heteroatoms. The van der Waals surface area contributed by atoms with Crippen molar-refractivity contribution < 1.29 is 47.6 Å². The third kappa shape index (κ3) is 22.1. The second kappa shape index (κ2) is 38.3. The Hall–Kier alpha value is -8.24. The monoisotopic (exact) mass is 1210 g/mol. The van der Waals surface area contributed by atoms with Crippen molar-refractivity contribution in [2.45, 2.75) is 181 Å². The smallest absolute Gasteiger partial charge is 0.338 e. The number of esters is 4. The van der Waals surface area contributed by atoms with Crippen molar-refractivity contribution in [3.8, 4) is 56.4 Å². The minimum Gasteiger partial charge on any atom is -0.493 e. The van der Waals surface area contributed by atoms with Crippen LogP contribution in [0.15, 0.2) is 170 Å². The normalized spacial score (nSPS) is 11.2. The van der Waals surface area contributed by atoms with E-state index in [1.807, 2.05) is 72.8 Å². The molecule has 0 radical (unpaired) electrons. The lowest BCUT2D eigenvalue weighted by molar-refractivity contribution is -0.135. The molecule has 0 bridgehead atoms. The number of hydrogen-bond donors (Lipinski definition) is 0. The Morgan fingerprint density at radius 1 is 0.300 bits per heavy atom. The molecule has 8 aromatic rings. The number of carbonyl (C=O) groups is 4. The van der Waals surface area contributed by atoms with Gasteiger partial charge in [0.15, 0.2) is 0 Å². The number of hydrogen-bond acceptors (Lipinski definition) is 10. The van der Waals surface area contributed by atoms with Crippen LogP contribution in [0, 0.1) is 0 Å². The molecule has 0 unspecified atom stereocenters. The zero-order chi connectivity index (χ0) is 62.8. The molecule has 10 nitrogen and oxygen atoms in total. The summed E-state index contributed by atoms with van der Waals surface area (Å²) in [4.78, 5) is 51.0. The molecule has 0 aliphatic rings. The lowest BCUT2D eigenvalue weighted by Gasteiger charge is -2.20. The highest BCUT2D eigenvalue weighted by atomic mass is 16.5. The maximum Gasteiger partial charge on any atom is 0.338 e. The van der Waals surface area contributed by atoms with Crippen LogP contribution >= 0.6 is 0 Å². The van der Waals surface area contributed by atoms with Crippen molar-refractivity contribution in [2.24, 2.45) is 0 Å². The molecule has 90 heavy (non-hydrogen) atoms. The molecule has 0 amide bonds. The number of carbonyl (C=O) groups excluding carboxylic acids is 4. The lowest BCUT2D eigenvalue weighted by atomic mass is 9.92. The van der Waals surface area contributed by atoms with Crippen molar-refractivity contribution in [3.05, 3.63) is 181 Å². The predicted molar refractivity (Wildman–Crippen MR) is 365 cm³/mol. The fourth-order valence-electron chi connectivity index (χ4n) is 11.4. The van der Waals surface area contributed by atoms with Crippen LogP contribution in [0.2, 0.25) is 0 Å². The topological polar surface area (TPSA) is 124 Å². The van der Waals surface area contributed by atoms with Gasteiger partial charge in [0.2, 0.25) is 0 Å². The number of ether oxygens (including phenoxy) is 6. The molecular weight excluding hydrogens is 1120 g/mol. The van der Waals surface area contributed by atoms with Crippen LogP contribution in [0.5, 0.6) is 23.0 Å². The number of fused-ring (bicyclic) bond motifs is 2. The number of unbranched alkanes of at least 4 members (excludes halogenated alkanes) is 20. The molecule has 0 saturated carbocycles. The van der Waals surface area contributed by atoms with Gasteiger partial charge in [-0.15, -0.1) is 0 Å². The van der Waals surface area contributed by atoms with Gasteiger partial charge in [-0.1, -0.05) is 239 Å². The summed E-state index contributed by atoms with van der Waals surface area (Å²) in [6, 6.07) is 54.9. The average molecular weight is 1220 g/mol. The maximum atomic E-state index is 12.9.